The van der Waals surface area contributed by atoms with E-state index in [2.05, 4.69) is 19.9 Å². The first-order chi connectivity index (χ1) is 13.5. The molecule has 1 fully saturated rings. The van der Waals surface area contributed by atoms with Gasteiger partial charge in [0.15, 0.2) is 22.9 Å². The first-order valence-corrected chi connectivity index (χ1v) is 9.21. The molecule has 4 aromatic rings. The van der Waals surface area contributed by atoms with Crippen molar-refractivity contribution in [3.05, 3.63) is 63.5 Å². The Hall–Kier alpha value is -3.16. The fourth-order valence-corrected chi connectivity index (χ4v) is 3.84. The summed E-state index contributed by atoms with van der Waals surface area (Å²) in [4.78, 5) is 28.2. The van der Waals surface area contributed by atoms with Crippen molar-refractivity contribution in [2.45, 2.75) is 38.6 Å². The van der Waals surface area contributed by atoms with Crippen molar-refractivity contribution >= 4 is 22.2 Å². The van der Waals surface area contributed by atoms with Crippen molar-refractivity contribution in [2.75, 3.05) is 0 Å². The van der Waals surface area contributed by atoms with E-state index in [9.17, 15) is 13.6 Å². The number of aromatic amines is 1. The van der Waals surface area contributed by atoms with Crippen LogP contribution >= 0.6 is 0 Å². The van der Waals surface area contributed by atoms with Gasteiger partial charge in [0.05, 0.1) is 12.1 Å². The molecule has 0 unspecified atom stereocenters. The third kappa shape index (κ3) is 2.44. The summed E-state index contributed by atoms with van der Waals surface area (Å²) >= 11 is 0. The Morgan fingerprint density at radius 1 is 1.21 bits per heavy atom. The molecule has 1 saturated carbocycles. The Balaban J connectivity index is 1.76. The quantitative estimate of drug-likeness (QED) is 0.589. The van der Waals surface area contributed by atoms with E-state index in [0.717, 1.165) is 31.2 Å². The maximum absolute atomic E-state index is 14.3. The summed E-state index contributed by atoms with van der Waals surface area (Å²) in [6, 6.07) is 2.58. The van der Waals surface area contributed by atoms with Crippen LogP contribution < -0.4 is 5.56 Å². The number of nitrogens with one attached hydrogen (secondary N) is 1. The third-order valence-corrected chi connectivity index (χ3v) is 5.65. The van der Waals surface area contributed by atoms with E-state index in [0.29, 0.717) is 40.3 Å². The van der Waals surface area contributed by atoms with Crippen LogP contribution in [0.1, 0.15) is 42.1 Å². The number of H-pyrrole nitrogens is 1. The highest BCUT2D eigenvalue weighted by Gasteiger charge is 2.27. The molecule has 8 heteroatoms. The van der Waals surface area contributed by atoms with Gasteiger partial charge in [0, 0.05) is 29.3 Å². The average molecular weight is 381 g/mol. The van der Waals surface area contributed by atoms with Crippen molar-refractivity contribution in [1.29, 1.82) is 0 Å². The minimum atomic E-state index is -1.05. The lowest BCUT2D eigenvalue weighted by Crippen LogP contribution is -2.19. The number of aromatic nitrogens is 5. The lowest BCUT2D eigenvalue weighted by Gasteiger charge is -2.25. The number of imidazole rings is 1. The SMILES string of the molecule is Cc1c(Cn2c(C3CCC3)nc3nccnc32)c2ccc(F)c(F)c2[nH]c1=O. The van der Waals surface area contributed by atoms with Crippen LogP contribution in [0.25, 0.3) is 22.2 Å². The first-order valence-electron chi connectivity index (χ1n) is 9.21. The van der Waals surface area contributed by atoms with Gasteiger partial charge in [0.1, 0.15) is 5.82 Å². The lowest BCUT2D eigenvalue weighted by molar-refractivity contribution is 0.391. The molecule has 1 N–H and O–H groups in total. The van der Waals surface area contributed by atoms with Crippen LogP contribution in [0, 0.1) is 18.6 Å². The Bertz CT molecular complexity index is 1290. The summed E-state index contributed by atoms with van der Waals surface area (Å²) < 4.78 is 30.0. The molecule has 1 aliphatic rings. The van der Waals surface area contributed by atoms with Gasteiger partial charge in [-0.25, -0.2) is 23.7 Å². The van der Waals surface area contributed by atoms with Crippen molar-refractivity contribution in [3.8, 4) is 0 Å². The minimum absolute atomic E-state index is 0.119. The smallest absolute Gasteiger partial charge is 0.251 e. The molecule has 1 aliphatic carbocycles. The highest BCUT2D eigenvalue weighted by atomic mass is 19.2. The van der Waals surface area contributed by atoms with Gasteiger partial charge < -0.3 is 9.55 Å². The third-order valence-electron chi connectivity index (χ3n) is 5.65. The Kier molecular flexibility index (Phi) is 3.75. The molecule has 0 aliphatic heterocycles. The zero-order chi connectivity index (χ0) is 19.4. The molecule has 0 atom stereocenters. The van der Waals surface area contributed by atoms with E-state index in [1.165, 1.54) is 6.07 Å². The van der Waals surface area contributed by atoms with Crippen molar-refractivity contribution in [2.24, 2.45) is 0 Å². The van der Waals surface area contributed by atoms with Crippen LogP contribution in [0.5, 0.6) is 0 Å². The van der Waals surface area contributed by atoms with Crippen LogP contribution in [-0.2, 0) is 6.54 Å². The maximum atomic E-state index is 14.3. The predicted molar refractivity (Wildman–Crippen MR) is 100 cm³/mol. The first kappa shape index (κ1) is 17.0. The van der Waals surface area contributed by atoms with Gasteiger partial charge >= 0.3 is 0 Å². The Morgan fingerprint density at radius 2 is 2.00 bits per heavy atom. The van der Waals surface area contributed by atoms with Crippen molar-refractivity contribution in [3.63, 3.8) is 0 Å². The zero-order valence-electron chi connectivity index (χ0n) is 15.2. The average Bonchev–Trinajstić information content (AvgIpc) is 2.99. The maximum Gasteiger partial charge on any atom is 0.251 e. The van der Waals surface area contributed by atoms with Gasteiger partial charge in [-0.2, -0.15) is 0 Å². The number of hydrogen-bond acceptors (Lipinski definition) is 4. The number of rotatable bonds is 3. The molecule has 142 valence electrons. The summed E-state index contributed by atoms with van der Waals surface area (Å²) in [5, 5.41) is 0.473. The van der Waals surface area contributed by atoms with Crippen LogP contribution in [0.4, 0.5) is 8.78 Å². The second-order valence-corrected chi connectivity index (χ2v) is 7.23. The van der Waals surface area contributed by atoms with Gasteiger partial charge in [-0.15, -0.1) is 0 Å². The summed E-state index contributed by atoms with van der Waals surface area (Å²) in [5.74, 6) is -0.848. The summed E-state index contributed by atoms with van der Waals surface area (Å²) in [6.07, 6.45) is 6.42. The summed E-state index contributed by atoms with van der Waals surface area (Å²) in [5.41, 5.74) is 1.71. The molecular formula is C20H17F2N5O. The molecular weight excluding hydrogens is 364 g/mol. The number of pyridine rings is 1. The highest BCUT2D eigenvalue weighted by molar-refractivity contribution is 5.84. The van der Waals surface area contributed by atoms with Crippen LogP contribution in [0.3, 0.4) is 0 Å². The molecule has 0 amide bonds. The summed E-state index contributed by atoms with van der Waals surface area (Å²) in [7, 11) is 0. The molecule has 3 heterocycles. The van der Waals surface area contributed by atoms with E-state index in [1.807, 2.05) is 4.57 Å². The second-order valence-electron chi connectivity index (χ2n) is 7.23. The monoisotopic (exact) mass is 381 g/mol. The normalized spacial score (nSPS) is 14.7. The second kappa shape index (κ2) is 6.19. The van der Waals surface area contributed by atoms with E-state index < -0.39 is 17.2 Å². The molecule has 3 aromatic heterocycles. The lowest BCUT2D eigenvalue weighted by atomic mass is 9.85. The van der Waals surface area contributed by atoms with Crippen molar-refractivity contribution in [1.82, 2.24) is 24.5 Å². The molecule has 28 heavy (non-hydrogen) atoms. The van der Waals surface area contributed by atoms with Gasteiger partial charge in [-0.1, -0.05) is 6.42 Å². The largest absolute Gasteiger partial charge is 0.319 e. The summed E-state index contributed by atoms with van der Waals surface area (Å²) in [6.45, 7) is 1.97. The van der Waals surface area contributed by atoms with Gasteiger partial charge in [-0.05, 0) is 37.5 Å². The highest BCUT2D eigenvalue weighted by Crippen LogP contribution is 2.37. The Morgan fingerprint density at radius 3 is 2.75 bits per heavy atom. The molecule has 0 saturated heterocycles. The minimum Gasteiger partial charge on any atom is -0.319 e. The molecule has 0 radical (unpaired) electrons. The van der Waals surface area contributed by atoms with Gasteiger partial charge in [0.2, 0.25) is 0 Å². The van der Waals surface area contributed by atoms with Gasteiger partial charge in [-0.3, -0.25) is 4.79 Å². The number of benzene rings is 1. The van der Waals surface area contributed by atoms with E-state index in [4.69, 9.17) is 0 Å². The van der Waals surface area contributed by atoms with E-state index in [-0.39, 0.29) is 5.52 Å². The van der Waals surface area contributed by atoms with Gasteiger partial charge in [0.25, 0.3) is 5.56 Å². The molecule has 0 spiro atoms. The van der Waals surface area contributed by atoms with Crippen LogP contribution in [0.15, 0.2) is 29.3 Å². The molecule has 5 rings (SSSR count). The van der Waals surface area contributed by atoms with Crippen LogP contribution in [-0.4, -0.2) is 24.5 Å². The topological polar surface area (TPSA) is 76.5 Å². The standard InChI is InChI=1S/C20H17F2N5O/c1-10-13(12-5-6-14(21)15(22)16(12)25-20(10)28)9-27-18(11-3-2-4-11)26-17-19(27)24-8-7-23-17/h5-8,11H,2-4,9H2,1H3,(H,25,28). The molecule has 1 aromatic carbocycles. The van der Waals surface area contributed by atoms with Crippen LogP contribution in [0.2, 0.25) is 0 Å². The Labute approximate surface area is 158 Å². The van der Waals surface area contributed by atoms with Crippen molar-refractivity contribution < 1.29 is 8.78 Å². The molecule has 0 bridgehead atoms. The number of halogens is 2. The fourth-order valence-electron chi connectivity index (χ4n) is 3.84. The van der Waals surface area contributed by atoms with E-state index >= 15 is 0 Å². The fraction of sp³-hybridized carbons (Fsp3) is 0.300. The molecule has 6 nitrogen and oxygen atoms in total. The number of hydrogen-bond donors (Lipinski definition) is 1. The number of nitrogens with zero attached hydrogens (tertiary/aromatic N) is 4. The number of fused-ring (bicyclic) bond motifs is 2. The predicted octanol–water partition coefficient (Wildman–Crippen LogP) is 3.57. The van der Waals surface area contributed by atoms with E-state index in [1.54, 1.807) is 19.3 Å². The zero-order valence-corrected chi connectivity index (χ0v) is 15.2.